The molecule has 1 aromatic heterocycles. The third-order valence-corrected chi connectivity index (χ3v) is 4.16. The highest BCUT2D eigenvalue weighted by Gasteiger charge is 2.20. The normalized spacial score (nSPS) is 16.5. The minimum Gasteiger partial charge on any atom is -0.495 e. The number of benzene rings is 1. The summed E-state index contributed by atoms with van der Waals surface area (Å²) in [5, 5.41) is 10.5. The van der Waals surface area contributed by atoms with Gasteiger partial charge in [-0.15, -0.1) is 0 Å². The predicted molar refractivity (Wildman–Crippen MR) is 77.9 cm³/mol. The van der Waals surface area contributed by atoms with Crippen LogP contribution in [0.3, 0.4) is 0 Å². The molecule has 3 heteroatoms. The van der Waals surface area contributed by atoms with Gasteiger partial charge in [-0.3, -0.25) is 4.98 Å². The van der Waals surface area contributed by atoms with Crippen LogP contribution < -0.4 is 4.74 Å². The van der Waals surface area contributed by atoms with Crippen molar-refractivity contribution in [3.63, 3.8) is 0 Å². The van der Waals surface area contributed by atoms with Gasteiger partial charge in [0.2, 0.25) is 0 Å². The van der Waals surface area contributed by atoms with Gasteiger partial charge >= 0.3 is 0 Å². The lowest BCUT2D eigenvalue weighted by atomic mass is 9.80. The van der Waals surface area contributed by atoms with Crippen LogP contribution >= 0.6 is 0 Å². The lowest BCUT2D eigenvalue weighted by Crippen LogP contribution is -2.09. The van der Waals surface area contributed by atoms with E-state index in [0.29, 0.717) is 5.75 Å². The zero-order valence-electron chi connectivity index (χ0n) is 11.6. The smallest absolute Gasteiger partial charge is 0.143 e. The molecule has 2 aromatic rings. The number of nitrogens with zero attached hydrogens (tertiary/aromatic N) is 1. The molecule has 3 rings (SSSR count). The first-order valence-electron chi connectivity index (χ1n) is 7.05. The molecule has 104 valence electrons. The number of aliphatic hydroxyl groups excluding tert-OH is 1. The Hall–Kier alpha value is -1.87. The first kappa shape index (κ1) is 13.1. The molecule has 1 atom stereocenters. The highest BCUT2D eigenvalue weighted by atomic mass is 16.5. The second kappa shape index (κ2) is 5.63. The van der Waals surface area contributed by atoms with E-state index in [0.717, 1.165) is 17.0 Å². The van der Waals surface area contributed by atoms with Crippen LogP contribution in [0, 0.1) is 0 Å². The number of hydrogen-bond acceptors (Lipinski definition) is 3. The minimum absolute atomic E-state index is 0.614. The summed E-state index contributed by atoms with van der Waals surface area (Å²) in [6, 6.07) is 10.1. The summed E-state index contributed by atoms with van der Waals surface area (Å²) in [5.74, 6) is 1.33. The fourth-order valence-electron chi connectivity index (χ4n) is 2.66. The van der Waals surface area contributed by atoms with Crippen LogP contribution in [0.1, 0.15) is 48.0 Å². The molecule has 0 amide bonds. The summed E-state index contributed by atoms with van der Waals surface area (Å²) in [6.45, 7) is 0. The van der Waals surface area contributed by atoms with Gasteiger partial charge in [0.1, 0.15) is 11.9 Å². The molecule has 1 heterocycles. The minimum atomic E-state index is -0.677. The SMILES string of the molecule is COc1cnccc1C(O)c1ccc(C2CCC2)cc1. The molecule has 1 fully saturated rings. The van der Waals surface area contributed by atoms with Gasteiger partial charge in [-0.2, -0.15) is 0 Å². The number of aromatic nitrogens is 1. The van der Waals surface area contributed by atoms with Gasteiger partial charge in [0, 0.05) is 11.8 Å². The molecule has 1 N–H and O–H groups in total. The summed E-state index contributed by atoms with van der Waals surface area (Å²) in [7, 11) is 1.59. The first-order valence-corrected chi connectivity index (χ1v) is 7.05. The Labute approximate surface area is 119 Å². The molecular weight excluding hydrogens is 250 g/mol. The number of hydrogen-bond donors (Lipinski definition) is 1. The second-order valence-electron chi connectivity index (χ2n) is 5.31. The number of pyridine rings is 1. The van der Waals surface area contributed by atoms with E-state index < -0.39 is 6.10 Å². The zero-order chi connectivity index (χ0) is 13.9. The Morgan fingerprint density at radius 3 is 2.55 bits per heavy atom. The molecule has 0 aliphatic heterocycles. The van der Waals surface area contributed by atoms with E-state index in [1.54, 1.807) is 25.6 Å². The maximum atomic E-state index is 10.5. The standard InChI is InChI=1S/C17H19NO2/c1-20-16-11-18-10-9-15(16)17(19)14-7-5-13(6-8-14)12-3-2-4-12/h5-12,17,19H,2-4H2,1H3. The van der Waals surface area contributed by atoms with Crippen molar-refractivity contribution in [3.05, 3.63) is 59.4 Å². The van der Waals surface area contributed by atoms with Crippen molar-refractivity contribution in [2.45, 2.75) is 31.3 Å². The van der Waals surface area contributed by atoms with Gasteiger partial charge < -0.3 is 9.84 Å². The number of ether oxygens (including phenoxy) is 1. The van der Waals surface area contributed by atoms with Gasteiger partial charge in [-0.1, -0.05) is 30.7 Å². The van der Waals surface area contributed by atoms with E-state index in [1.807, 2.05) is 12.1 Å². The molecular formula is C17H19NO2. The Balaban J connectivity index is 1.84. The third-order valence-electron chi connectivity index (χ3n) is 4.16. The molecule has 1 aliphatic carbocycles. The monoisotopic (exact) mass is 269 g/mol. The van der Waals surface area contributed by atoms with E-state index in [4.69, 9.17) is 4.74 Å². The largest absolute Gasteiger partial charge is 0.495 e. The van der Waals surface area contributed by atoms with Crippen molar-refractivity contribution in [2.24, 2.45) is 0 Å². The van der Waals surface area contributed by atoms with Crippen molar-refractivity contribution in [1.82, 2.24) is 4.98 Å². The van der Waals surface area contributed by atoms with E-state index in [-0.39, 0.29) is 0 Å². The molecule has 3 nitrogen and oxygen atoms in total. The molecule has 20 heavy (non-hydrogen) atoms. The van der Waals surface area contributed by atoms with Crippen LogP contribution in [0.2, 0.25) is 0 Å². The highest BCUT2D eigenvalue weighted by molar-refractivity contribution is 5.39. The lowest BCUT2D eigenvalue weighted by Gasteiger charge is -2.26. The molecule has 1 saturated carbocycles. The van der Waals surface area contributed by atoms with E-state index in [2.05, 4.69) is 17.1 Å². The summed E-state index contributed by atoms with van der Waals surface area (Å²) in [4.78, 5) is 4.01. The Morgan fingerprint density at radius 2 is 1.95 bits per heavy atom. The van der Waals surface area contributed by atoms with Crippen LogP contribution in [0.4, 0.5) is 0 Å². The summed E-state index contributed by atoms with van der Waals surface area (Å²) >= 11 is 0. The van der Waals surface area contributed by atoms with Crippen molar-refractivity contribution in [1.29, 1.82) is 0 Å². The van der Waals surface area contributed by atoms with Crippen LogP contribution in [0.15, 0.2) is 42.7 Å². The fourth-order valence-corrected chi connectivity index (χ4v) is 2.66. The lowest BCUT2D eigenvalue weighted by molar-refractivity contribution is 0.214. The van der Waals surface area contributed by atoms with E-state index in [9.17, 15) is 5.11 Å². The average Bonchev–Trinajstić information content (AvgIpc) is 2.45. The first-order chi connectivity index (χ1) is 9.79. The summed E-state index contributed by atoms with van der Waals surface area (Å²) in [5.41, 5.74) is 3.02. The molecule has 1 unspecified atom stereocenters. The molecule has 0 spiro atoms. The second-order valence-corrected chi connectivity index (χ2v) is 5.31. The van der Waals surface area contributed by atoms with Crippen LogP contribution in [-0.2, 0) is 0 Å². The molecule has 0 bridgehead atoms. The van der Waals surface area contributed by atoms with E-state index >= 15 is 0 Å². The van der Waals surface area contributed by atoms with Gasteiger partial charge in [-0.05, 0) is 36.0 Å². The molecule has 0 saturated heterocycles. The molecule has 1 aliphatic rings. The maximum absolute atomic E-state index is 10.5. The van der Waals surface area contributed by atoms with Gasteiger partial charge in [0.05, 0.1) is 13.3 Å². The number of methoxy groups -OCH3 is 1. The van der Waals surface area contributed by atoms with Crippen molar-refractivity contribution >= 4 is 0 Å². The quantitative estimate of drug-likeness (QED) is 0.924. The maximum Gasteiger partial charge on any atom is 0.143 e. The van der Waals surface area contributed by atoms with Crippen molar-refractivity contribution in [3.8, 4) is 5.75 Å². The Bertz CT molecular complexity index is 576. The Kier molecular flexibility index (Phi) is 3.70. The van der Waals surface area contributed by atoms with Crippen LogP contribution in [0.5, 0.6) is 5.75 Å². The average molecular weight is 269 g/mol. The van der Waals surface area contributed by atoms with Crippen LogP contribution in [0.25, 0.3) is 0 Å². The topological polar surface area (TPSA) is 42.4 Å². The van der Waals surface area contributed by atoms with Gasteiger partial charge in [-0.25, -0.2) is 0 Å². The number of rotatable bonds is 4. The third kappa shape index (κ3) is 2.41. The molecule has 0 radical (unpaired) electrons. The summed E-state index contributed by atoms with van der Waals surface area (Å²) in [6.07, 6.45) is 6.54. The van der Waals surface area contributed by atoms with E-state index in [1.165, 1.54) is 24.8 Å². The zero-order valence-corrected chi connectivity index (χ0v) is 11.6. The van der Waals surface area contributed by atoms with Gasteiger partial charge in [0.25, 0.3) is 0 Å². The van der Waals surface area contributed by atoms with Crippen molar-refractivity contribution in [2.75, 3.05) is 7.11 Å². The van der Waals surface area contributed by atoms with Gasteiger partial charge in [0.15, 0.2) is 0 Å². The predicted octanol–water partition coefficient (Wildman–Crippen LogP) is 3.44. The van der Waals surface area contributed by atoms with Crippen molar-refractivity contribution < 1.29 is 9.84 Å². The highest BCUT2D eigenvalue weighted by Crippen LogP contribution is 2.37. The fraction of sp³-hybridized carbons (Fsp3) is 0.353. The van der Waals surface area contributed by atoms with Crippen LogP contribution in [-0.4, -0.2) is 17.2 Å². The number of aliphatic hydroxyl groups is 1. The molecule has 1 aromatic carbocycles. The summed E-state index contributed by atoms with van der Waals surface area (Å²) < 4.78 is 5.25. The Morgan fingerprint density at radius 1 is 1.20 bits per heavy atom.